The second kappa shape index (κ2) is 7.88. The number of aryl methyl sites for hydroxylation is 1. The highest BCUT2D eigenvalue weighted by atomic mass is 32.2. The number of nitrogens with zero attached hydrogens (tertiary/aromatic N) is 2. The van der Waals surface area contributed by atoms with Crippen LogP contribution in [0, 0.1) is 6.92 Å². The van der Waals surface area contributed by atoms with E-state index in [0.29, 0.717) is 0 Å². The first-order chi connectivity index (χ1) is 13.6. The van der Waals surface area contributed by atoms with Gasteiger partial charge in [-0.1, -0.05) is 23.9 Å². The highest BCUT2D eigenvalue weighted by Gasteiger charge is 2.24. The van der Waals surface area contributed by atoms with Crippen molar-refractivity contribution in [2.75, 3.05) is 24.5 Å². The first-order valence-corrected chi connectivity index (χ1v) is 10.8. The Labute approximate surface area is 171 Å². The summed E-state index contributed by atoms with van der Waals surface area (Å²) in [6.07, 6.45) is 2.17. The summed E-state index contributed by atoms with van der Waals surface area (Å²) in [5.41, 5.74) is 3.69. The molecule has 1 aliphatic carbocycles. The molecule has 1 aromatic rings. The molecule has 0 saturated heterocycles. The first kappa shape index (κ1) is 18.9. The molecule has 2 heterocycles. The van der Waals surface area contributed by atoms with Crippen molar-refractivity contribution in [2.24, 2.45) is 0 Å². The Morgan fingerprint density at radius 3 is 2.57 bits per heavy atom. The van der Waals surface area contributed by atoms with Gasteiger partial charge in [-0.3, -0.25) is 0 Å². The fourth-order valence-corrected chi connectivity index (χ4v) is 5.00. The summed E-state index contributed by atoms with van der Waals surface area (Å²) < 4.78 is 8.68. The van der Waals surface area contributed by atoms with Crippen molar-refractivity contribution in [1.29, 1.82) is 0 Å². The molecule has 28 heavy (non-hydrogen) atoms. The van der Waals surface area contributed by atoms with Crippen molar-refractivity contribution in [3.63, 3.8) is 0 Å². The highest BCUT2D eigenvalue weighted by Crippen LogP contribution is 2.46. The minimum Gasteiger partial charge on any atom is -0.456 e. The minimum atomic E-state index is 0.899. The van der Waals surface area contributed by atoms with Crippen LogP contribution >= 0.6 is 11.8 Å². The van der Waals surface area contributed by atoms with Gasteiger partial charge in [-0.15, -0.1) is 0 Å². The van der Waals surface area contributed by atoms with Gasteiger partial charge in [0.05, 0.1) is 16.8 Å². The molecular weight excluding hydrogens is 364 g/mol. The van der Waals surface area contributed by atoms with E-state index < -0.39 is 0 Å². The average molecular weight is 392 g/mol. The number of fused-ring (bicyclic) bond motifs is 2. The number of benzene rings is 2. The fraction of sp³-hybridized carbons (Fsp3) is 0.292. The molecule has 3 aliphatic rings. The summed E-state index contributed by atoms with van der Waals surface area (Å²) in [4.78, 5) is 3.65. The van der Waals surface area contributed by atoms with Gasteiger partial charge in [0, 0.05) is 29.1 Å². The molecule has 3 nitrogen and oxygen atoms in total. The Balaban J connectivity index is 1.81. The molecule has 4 rings (SSSR count). The van der Waals surface area contributed by atoms with E-state index in [0.717, 1.165) is 31.2 Å². The number of anilines is 1. The van der Waals surface area contributed by atoms with Gasteiger partial charge in [0.25, 0.3) is 0 Å². The number of thioether (sulfide) groups is 1. The Kier molecular flexibility index (Phi) is 5.31. The molecule has 4 heteroatoms. The van der Waals surface area contributed by atoms with Crippen LogP contribution in [-0.4, -0.2) is 19.6 Å². The van der Waals surface area contributed by atoms with Gasteiger partial charge in [0.2, 0.25) is 5.36 Å². The summed E-state index contributed by atoms with van der Waals surface area (Å²) in [5.74, 6) is 1.84. The molecule has 0 N–H and O–H groups in total. The predicted octanol–water partition coefficient (Wildman–Crippen LogP) is 5.44. The SMILES string of the molecule is CCN1/C(=C/c2cc(C)c3ccc(=[N+](CC)CC)cc-3o2)Sc2ccccc21. The number of hydrogen-bond acceptors (Lipinski definition) is 3. The quantitative estimate of drug-likeness (QED) is 0.553. The molecule has 0 radical (unpaired) electrons. The van der Waals surface area contributed by atoms with Crippen molar-refractivity contribution < 1.29 is 4.42 Å². The number of rotatable bonds is 4. The largest absolute Gasteiger partial charge is 0.456 e. The molecule has 1 aromatic carbocycles. The second-order valence-corrected chi connectivity index (χ2v) is 8.04. The first-order valence-electron chi connectivity index (χ1n) is 10.0. The molecule has 0 saturated carbocycles. The van der Waals surface area contributed by atoms with E-state index in [4.69, 9.17) is 4.42 Å². The van der Waals surface area contributed by atoms with Gasteiger partial charge >= 0.3 is 0 Å². The van der Waals surface area contributed by atoms with Crippen LogP contribution in [0.1, 0.15) is 32.1 Å². The van der Waals surface area contributed by atoms with Crippen LogP contribution in [0.2, 0.25) is 0 Å². The van der Waals surface area contributed by atoms with Crippen LogP contribution < -0.4 is 14.8 Å². The van der Waals surface area contributed by atoms with Crippen LogP contribution in [-0.2, 0) is 0 Å². The van der Waals surface area contributed by atoms with E-state index in [1.165, 1.54) is 32.1 Å². The van der Waals surface area contributed by atoms with E-state index >= 15 is 0 Å². The monoisotopic (exact) mass is 391 g/mol. The molecule has 0 bridgehead atoms. The van der Waals surface area contributed by atoms with Crippen molar-refractivity contribution in [2.45, 2.75) is 32.6 Å². The summed E-state index contributed by atoms with van der Waals surface area (Å²) in [6.45, 7) is 11.6. The van der Waals surface area contributed by atoms with E-state index in [1.54, 1.807) is 0 Å². The van der Waals surface area contributed by atoms with Gasteiger partial charge in [-0.25, -0.2) is 4.58 Å². The lowest BCUT2D eigenvalue weighted by Crippen LogP contribution is -2.29. The van der Waals surface area contributed by atoms with Gasteiger partial charge in [-0.2, -0.15) is 0 Å². The van der Waals surface area contributed by atoms with Crippen molar-refractivity contribution in [3.8, 4) is 11.3 Å². The summed E-state index contributed by atoms with van der Waals surface area (Å²) >= 11 is 1.81. The maximum Gasteiger partial charge on any atom is 0.203 e. The van der Waals surface area contributed by atoms with Crippen LogP contribution in [0.3, 0.4) is 0 Å². The molecule has 144 valence electrons. The molecule has 0 fully saturated rings. The fourth-order valence-electron chi connectivity index (χ4n) is 3.83. The normalized spacial score (nSPS) is 14.7. The Morgan fingerprint density at radius 2 is 1.82 bits per heavy atom. The zero-order valence-corrected chi connectivity index (χ0v) is 17.8. The molecule has 2 aliphatic heterocycles. The standard InChI is InChI=1S/C24H27N2OS/c1-5-25(6-2)18-12-13-20-17(4)14-19(27-22(20)15-18)16-24-26(7-3)21-10-8-9-11-23(21)28-24/h8-16H,5-7H2,1-4H3/q+1. The Morgan fingerprint density at radius 1 is 1.04 bits per heavy atom. The van der Waals surface area contributed by atoms with Crippen LogP contribution in [0.25, 0.3) is 17.4 Å². The van der Waals surface area contributed by atoms with Gasteiger partial charge in [0.1, 0.15) is 24.6 Å². The third kappa shape index (κ3) is 3.37. The van der Waals surface area contributed by atoms with E-state index in [2.05, 4.69) is 91.8 Å². The van der Waals surface area contributed by atoms with Crippen molar-refractivity contribution in [3.05, 3.63) is 70.2 Å². The molecule has 0 spiro atoms. The molecule has 0 aromatic heterocycles. The summed E-state index contributed by atoms with van der Waals surface area (Å²) in [6, 6.07) is 17.3. The van der Waals surface area contributed by atoms with Crippen molar-refractivity contribution in [1.82, 2.24) is 4.58 Å². The average Bonchev–Trinajstić information content (AvgIpc) is 3.05. The molecular formula is C24H27N2OS+. The predicted molar refractivity (Wildman–Crippen MR) is 120 cm³/mol. The summed E-state index contributed by atoms with van der Waals surface area (Å²) in [7, 11) is 0. The molecule has 0 atom stereocenters. The Bertz CT molecular complexity index is 1070. The lowest BCUT2D eigenvalue weighted by atomic mass is 10.0. The maximum absolute atomic E-state index is 6.33. The number of hydrogen-bond donors (Lipinski definition) is 0. The van der Waals surface area contributed by atoms with Gasteiger partial charge in [0.15, 0.2) is 0 Å². The highest BCUT2D eigenvalue weighted by molar-refractivity contribution is 8.03. The lowest BCUT2D eigenvalue weighted by molar-refractivity contribution is 0.549. The van der Waals surface area contributed by atoms with Gasteiger partial charge in [-0.05, 0) is 57.5 Å². The smallest absolute Gasteiger partial charge is 0.203 e. The van der Waals surface area contributed by atoms with Crippen LogP contribution in [0.5, 0.6) is 0 Å². The zero-order chi connectivity index (χ0) is 19.7. The minimum absolute atomic E-state index is 0.899. The third-order valence-electron chi connectivity index (χ3n) is 5.32. The summed E-state index contributed by atoms with van der Waals surface area (Å²) in [5, 5.41) is 2.43. The van der Waals surface area contributed by atoms with Crippen molar-refractivity contribution >= 4 is 23.5 Å². The molecule has 0 amide bonds. The van der Waals surface area contributed by atoms with Crippen LogP contribution in [0.4, 0.5) is 5.69 Å². The second-order valence-electron chi connectivity index (χ2n) is 6.98. The zero-order valence-electron chi connectivity index (χ0n) is 17.0. The lowest BCUT2D eigenvalue weighted by Gasteiger charge is -2.18. The topological polar surface area (TPSA) is 19.4 Å². The molecule has 0 unspecified atom stereocenters. The van der Waals surface area contributed by atoms with E-state index in [9.17, 15) is 0 Å². The van der Waals surface area contributed by atoms with Gasteiger partial charge < -0.3 is 9.32 Å². The Hall–Kier alpha value is -2.46. The third-order valence-corrected chi connectivity index (χ3v) is 6.44. The maximum atomic E-state index is 6.33. The number of para-hydroxylation sites is 1. The van der Waals surface area contributed by atoms with E-state index in [1.807, 2.05) is 11.8 Å². The van der Waals surface area contributed by atoms with E-state index in [-0.39, 0.29) is 0 Å². The van der Waals surface area contributed by atoms with Crippen LogP contribution in [0.15, 0.2) is 62.9 Å².